The molecule has 8 heteroatoms. The number of amides is 2. The predicted molar refractivity (Wildman–Crippen MR) is 118 cm³/mol. The maximum Gasteiger partial charge on any atom is 0.236 e. The third-order valence-electron chi connectivity index (χ3n) is 5.53. The number of carbonyl (C=O) groups excluding carboxylic acids is 2. The third kappa shape index (κ3) is 6.95. The van der Waals surface area contributed by atoms with Gasteiger partial charge in [-0.15, -0.1) is 0 Å². The average Bonchev–Trinajstić information content (AvgIpc) is 2.92. The van der Waals surface area contributed by atoms with E-state index >= 15 is 0 Å². The lowest BCUT2D eigenvalue weighted by Gasteiger charge is -2.36. The Morgan fingerprint density at radius 2 is 1.60 bits per heavy atom. The number of nitrogens with one attached hydrogen (secondary N) is 1. The number of carbonyl (C=O) groups is 2. The number of hydrogen-bond donors (Lipinski definition) is 1. The smallest absolute Gasteiger partial charge is 0.236 e. The predicted octanol–water partition coefficient (Wildman–Crippen LogP) is 0.653. The van der Waals surface area contributed by atoms with E-state index in [1.807, 2.05) is 50.1 Å². The van der Waals surface area contributed by atoms with Crippen LogP contribution in [0.2, 0.25) is 0 Å². The fourth-order valence-corrected chi connectivity index (χ4v) is 4.02. The molecule has 2 saturated heterocycles. The van der Waals surface area contributed by atoms with E-state index in [1.54, 1.807) is 0 Å². The Bertz CT molecular complexity index is 697. The molecule has 8 nitrogen and oxygen atoms in total. The summed E-state index contributed by atoms with van der Waals surface area (Å²) in [5.41, 5.74) is -0.206. The van der Waals surface area contributed by atoms with Crippen molar-refractivity contribution >= 4 is 17.6 Å². The molecule has 0 aromatic carbocycles. The van der Waals surface area contributed by atoms with Gasteiger partial charge in [0.25, 0.3) is 0 Å². The molecule has 2 amide bonds. The van der Waals surface area contributed by atoms with Crippen LogP contribution >= 0.6 is 0 Å². The lowest BCUT2D eigenvalue weighted by molar-refractivity contribution is -0.132. The second-order valence-corrected chi connectivity index (χ2v) is 9.26. The summed E-state index contributed by atoms with van der Waals surface area (Å²) in [4.78, 5) is 38.0. The van der Waals surface area contributed by atoms with Crippen molar-refractivity contribution in [3.05, 3.63) is 24.4 Å². The first-order chi connectivity index (χ1) is 14.3. The summed E-state index contributed by atoms with van der Waals surface area (Å²) in [7, 11) is 0. The highest BCUT2D eigenvalue weighted by molar-refractivity contribution is 5.79. The molecule has 2 aliphatic heterocycles. The molecule has 3 heterocycles. The Morgan fingerprint density at radius 3 is 2.20 bits per heavy atom. The average molecular weight is 417 g/mol. The van der Waals surface area contributed by atoms with Crippen LogP contribution in [0.5, 0.6) is 0 Å². The minimum atomic E-state index is -0.206. The van der Waals surface area contributed by atoms with Crippen molar-refractivity contribution in [2.75, 3.05) is 70.3 Å². The summed E-state index contributed by atoms with van der Waals surface area (Å²) < 4.78 is 0. The number of nitrogens with zero attached hydrogens (tertiary/aromatic N) is 5. The van der Waals surface area contributed by atoms with Gasteiger partial charge in [0.1, 0.15) is 5.82 Å². The number of rotatable bonds is 5. The molecule has 0 bridgehead atoms. The Kier molecular flexibility index (Phi) is 7.66. The van der Waals surface area contributed by atoms with Crippen LogP contribution in [-0.4, -0.2) is 102 Å². The first-order valence-electron chi connectivity index (χ1n) is 11.0. The Balaban J connectivity index is 1.40. The second kappa shape index (κ2) is 10.2. The molecule has 3 rings (SSSR count). The van der Waals surface area contributed by atoms with Crippen molar-refractivity contribution in [1.82, 2.24) is 25.0 Å². The van der Waals surface area contributed by atoms with Crippen molar-refractivity contribution in [2.24, 2.45) is 0 Å². The molecule has 0 unspecified atom stereocenters. The first kappa shape index (κ1) is 22.5. The molecule has 2 fully saturated rings. The lowest BCUT2D eigenvalue weighted by Crippen LogP contribution is -2.51. The summed E-state index contributed by atoms with van der Waals surface area (Å²) in [5.74, 6) is 1.25. The standard InChI is InChI=1S/C22H36N6O2/c1-22(2,3)24-20(29)17-25-9-6-10-26(12-11-25)18-21(30)28-15-13-27(14-16-28)19-7-4-5-8-23-19/h4-5,7-8H,6,9-18H2,1-3H3,(H,24,29). The van der Waals surface area contributed by atoms with Gasteiger partial charge in [-0.25, -0.2) is 4.98 Å². The van der Waals surface area contributed by atoms with Gasteiger partial charge in [0.05, 0.1) is 13.1 Å². The second-order valence-electron chi connectivity index (χ2n) is 9.26. The summed E-state index contributed by atoms with van der Waals surface area (Å²) in [6.07, 6.45) is 2.78. The van der Waals surface area contributed by atoms with E-state index in [4.69, 9.17) is 0 Å². The highest BCUT2D eigenvalue weighted by atomic mass is 16.2. The van der Waals surface area contributed by atoms with Gasteiger partial charge in [0.2, 0.25) is 11.8 Å². The number of pyridine rings is 1. The molecule has 0 saturated carbocycles. The molecule has 30 heavy (non-hydrogen) atoms. The van der Waals surface area contributed by atoms with Crippen molar-refractivity contribution in [2.45, 2.75) is 32.7 Å². The van der Waals surface area contributed by atoms with E-state index < -0.39 is 0 Å². The van der Waals surface area contributed by atoms with Crippen LogP contribution in [-0.2, 0) is 9.59 Å². The maximum atomic E-state index is 12.8. The fraction of sp³-hybridized carbons (Fsp3) is 0.682. The molecule has 166 valence electrons. The highest BCUT2D eigenvalue weighted by Crippen LogP contribution is 2.13. The molecule has 0 spiro atoms. The van der Waals surface area contributed by atoms with Crippen LogP contribution < -0.4 is 10.2 Å². The van der Waals surface area contributed by atoms with Crippen LogP contribution in [0.4, 0.5) is 5.82 Å². The van der Waals surface area contributed by atoms with Gasteiger partial charge < -0.3 is 15.1 Å². The van der Waals surface area contributed by atoms with Gasteiger partial charge in [-0.1, -0.05) is 6.07 Å². The van der Waals surface area contributed by atoms with Gasteiger partial charge >= 0.3 is 0 Å². The van der Waals surface area contributed by atoms with E-state index in [9.17, 15) is 9.59 Å². The minimum Gasteiger partial charge on any atom is -0.353 e. The topological polar surface area (TPSA) is 72.0 Å². The largest absolute Gasteiger partial charge is 0.353 e. The van der Waals surface area contributed by atoms with Gasteiger partial charge in [-0.05, 0) is 52.4 Å². The van der Waals surface area contributed by atoms with Crippen LogP contribution in [0.15, 0.2) is 24.4 Å². The molecule has 0 atom stereocenters. The fourth-order valence-electron chi connectivity index (χ4n) is 4.02. The zero-order valence-electron chi connectivity index (χ0n) is 18.6. The van der Waals surface area contributed by atoms with E-state index in [1.165, 1.54) is 0 Å². The summed E-state index contributed by atoms with van der Waals surface area (Å²) >= 11 is 0. The van der Waals surface area contributed by atoms with E-state index in [0.717, 1.165) is 64.6 Å². The monoisotopic (exact) mass is 416 g/mol. The van der Waals surface area contributed by atoms with Crippen molar-refractivity contribution < 1.29 is 9.59 Å². The number of piperazine rings is 1. The number of anilines is 1. The summed E-state index contributed by atoms with van der Waals surface area (Å²) in [6, 6.07) is 5.93. The molecule has 1 N–H and O–H groups in total. The Hall–Kier alpha value is -2.19. The SMILES string of the molecule is CC(C)(C)NC(=O)CN1CCCN(CC(=O)N2CCN(c3ccccn3)CC2)CC1. The van der Waals surface area contributed by atoms with E-state index in [2.05, 4.69) is 25.0 Å². The van der Waals surface area contributed by atoms with E-state index in [-0.39, 0.29) is 17.4 Å². The van der Waals surface area contributed by atoms with Crippen LogP contribution in [0, 0.1) is 0 Å². The van der Waals surface area contributed by atoms with Crippen molar-refractivity contribution in [3.8, 4) is 0 Å². The molecule has 1 aromatic rings. The molecule has 0 radical (unpaired) electrons. The van der Waals surface area contributed by atoms with E-state index in [0.29, 0.717) is 13.1 Å². The molecule has 0 aliphatic carbocycles. The van der Waals surface area contributed by atoms with Crippen molar-refractivity contribution in [1.29, 1.82) is 0 Å². The van der Waals surface area contributed by atoms with Gasteiger partial charge in [-0.3, -0.25) is 19.4 Å². The Labute approximate surface area is 180 Å². The van der Waals surface area contributed by atoms with Crippen molar-refractivity contribution in [3.63, 3.8) is 0 Å². The molecular formula is C22H36N6O2. The van der Waals surface area contributed by atoms with Crippen LogP contribution in [0.3, 0.4) is 0 Å². The third-order valence-corrected chi connectivity index (χ3v) is 5.53. The Morgan fingerprint density at radius 1 is 0.933 bits per heavy atom. The maximum absolute atomic E-state index is 12.8. The summed E-state index contributed by atoms with van der Waals surface area (Å²) in [5, 5.41) is 3.03. The number of aromatic nitrogens is 1. The zero-order chi connectivity index (χ0) is 21.6. The lowest BCUT2D eigenvalue weighted by atomic mass is 10.1. The minimum absolute atomic E-state index is 0.0674. The normalized spacial score (nSPS) is 19.4. The molecule has 2 aliphatic rings. The number of hydrogen-bond acceptors (Lipinski definition) is 6. The zero-order valence-corrected chi connectivity index (χ0v) is 18.6. The first-order valence-corrected chi connectivity index (χ1v) is 11.0. The quantitative estimate of drug-likeness (QED) is 0.760. The van der Waals surface area contributed by atoms with Gasteiger partial charge in [0, 0.05) is 51.0 Å². The molecule has 1 aromatic heterocycles. The highest BCUT2D eigenvalue weighted by Gasteiger charge is 2.25. The van der Waals surface area contributed by atoms with Gasteiger partial charge in [0.15, 0.2) is 0 Å². The van der Waals surface area contributed by atoms with Crippen LogP contribution in [0.25, 0.3) is 0 Å². The molecular weight excluding hydrogens is 380 g/mol. The summed E-state index contributed by atoms with van der Waals surface area (Å²) in [6.45, 7) is 13.4. The van der Waals surface area contributed by atoms with Crippen LogP contribution in [0.1, 0.15) is 27.2 Å². The van der Waals surface area contributed by atoms with Gasteiger partial charge in [-0.2, -0.15) is 0 Å².